The summed E-state index contributed by atoms with van der Waals surface area (Å²) in [5.74, 6) is -0.651. The first-order chi connectivity index (χ1) is 11.2. The molecule has 0 spiro atoms. The van der Waals surface area contributed by atoms with Gasteiger partial charge in [-0.25, -0.2) is 0 Å². The standard InChI is InChI=1S/C15H22F3N3O3/c1-20(10-6-4-5-7-11(24-3)13(10)22)14(23)9-8-12(15(16,17)18)21(2)19-9/h8,10-11,13,22H,4-7H2,1-3H3/t10-,11-,13-/m1/s1. The SMILES string of the molecule is CO[C@@H]1CCCC[C@@H](N(C)C(=O)c2cc(C(F)(F)F)n(C)n2)[C@H]1O. The number of likely N-dealkylation sites (N-methyl/N-ethyl adjacent to an activating group) is 1. The summed E-state index contributed by atoms with van der Waals surface area (Å²) in [4.78, 5) is 13.8. The molecule has 1 aliphatic rings. The molecule has 3 atom stereocenters. The van der Waals surface area contributed by atoms with Gasteiger partial charge in [-0.1, -0.05) is 12.8 Å². The number of aryl methyl sites for hydroxylation is 1. The fourth-order valence-corrected chi connectivity index (χ4v) is 3.14. The zero-order valence-corrected chi connectivity index (χ0v) is 13.9. The van der Waals surface area contributed by atoms with Gasteiger partial charge >= 0.3 is 6.18 Å². The summed E-state index contributed by atoms with van der Waals surface area (Å²) in [5, 5.41) is 14.1. The molecular weight excluding hydrogens is 327 g/mol. The minimum atomic E-state index is -4.58. The van der Waals surface area contributed by atoms with Crippen molar-refractivity contribution in [2.45, 2.75) is 50.1 Å². The molecule has 0 aliphatic heterocycles. The van der Waals surface area contributed by atoms with Crippen LogP contribution in [0.15, 0.2) is 6.07 Å². The summed E-state index contributed by atoms with van der Waals surface area (Å²) in [7, 11) is 4.10. The minimum Gasteiger partial charge on any atom is -0.388 e. The molecule has 0 saturated heterocycles. The van der Waals surface area contributed by atoms with Gasteiger partial charge in [-0.2, -0.15) is 18.3 Å². The second kappa shape index (κ2) is 7.10. The van der Waals surface area contributed by atoms with Gasteiger partial charge in [0.1, 0.15) is 11.8 Å². The number of rotatable bonds is 3. The quantitative estimate of drug-likeness (QED) is 0.846. The molecule has 1 saturated carbocycles. The van der Waals surface area contributed by atoms with Crippen molar-refractivity contribution in [1.29, 1.82) is 0 Å². The molecule has 0 bridgehead atoms. The smallest absolute Gasteiger partial charge is 0.388 e. The number of aromatic nitrogens is 2. The average molecular weight is 349 g/mol. The molecule has 2 rings (SSSR count). The van der Waals surface area contributed by atoms with Crippen molar-refractivity contribution in [3.63, 3.8) is 0 Å². The van der Waals surface area contributed by atoms with Crippen LogP contribution in [0.1, 0.15) is 41.9 Å². The lowest BCUT2D eigenvalue weighted by molar-refractivity contribution is -0.143. The molecule has 0 aromatic carbocycles. The fourth-order valence-electron chi connectivity index (χ4n) is 3.14. The Morgan fingerprint density at radius 3 is 2.58 bits per heavy atom. The van der Waals surface area contributed by atoms with E-state index in [0.717, 1.165) is 26.0 Å². The molecule has 1 heterocycles. The van der Waals surface area contributed by atoms with E-state index in [2.05, 4.69) is 5.10 Å². The largest absolute Gasteiger partial charge is 0.433 e. The minimum absolute atomic E-state index is 0.294. The number of methoxy groups -OCH3 is 1. The number of ether oxygens (including phenoxy) is 1. The molecule has 1 aromatic heterocycles. The number of amides is 1. The molecule has 24 heavy (non-hydrogen) atoms. The van der Waals surface area contributed by atoms with E-state index < -0.39 is 36.0 Å². The Balaban J connectivity index is 2.22. The predicted molar refractivity (Wildman–Crippen MR) is 79.4 cm³/mol. The van der Waals surface area contributed by atoms with Crippen LogP contribution in [0, 0.1) is 0 Å². The summed E-state index contributed by atoms with van der Waals surface area (Å²) in [6.45, 7) is 0. The summed E-state index contributed by atoms with van der Waals surface area (Å²) in [6.07, 6.45) is -2.98. The van der Waals surface area contributed by atoms with Gasteiger partial charge < -0.3 is 14.7 Å². The van der Waals surface area contributed by atoms with Crippen molar-refractivity contribution in [1.82, 2.24) is 14.7 Å². The van der Waals surface area contributed by atoms with E-state index in [9.17, 15) is 23.1 Å². The van der Waals surface area contributed by atoms with Crippen molar-refractivity contribution in [3.8, 4) is 0 Å². The molecule has 1 fully saturated rings. The zero-order chi connectivity index (χ0) is 18.1. The van der Waals surface area contributed by atoms with Gasteiger partial charge in [-0.15, -0.1) is 0 Å². The third-order valence-corrected chi connectivity index (χ3v) is 4.52. The van der Waals surface area contributed by atoms with E-state index >= 15 is 0 Å². The van der Waals surface area contributed by atoms with Gasteiger partial charge in [0.2, 0.25) is 0 Å². The van der Waals surface area contributed by atoms with Gasteiger partial charge in [0, 0.05) is 27.3 Å². The van der Waals surface area contributed by atoms with E-state index in [1.807, 2.05) is 0 Å². The average Bonchev–Trinajstić information content (AvgIpc) is 2.81. The molecule has 9 heteroatoms. The van der Waals surface area contributed by atoms with E-state index in [-0.39, 0.29) is 5.69 Å². The summed E-state index contributed by atoms with van der Waals surface area (Å²) < 4.78 is 44.5. The molecule has 1 amide bonds. The number of aliphatic hydroxyl groups is 1. The zero-order valence-electron chi connectivity index (χ0n) is 13.9. The van der Waals surface area contributed by atoms with Crippen molar-refractivity contribution in [2.75, 3.05) is 14.2 Å². The third kappa shape index (κ3) is 3.72. The molecule has 136 valence electrons. The van der Waals surface area contributed by atoms with Crippen LogP contribution in [-0.4, -0.2) is 58.1 Å². The highest BCUT2D eigenvalue weighted by molar-refractivity contribution is 5.92. The molecule has 6 nitrogen and oxygen atoms in total. The maximum Gasteiger partial charge on any atom is 0.433 e. The van der Waals surface area contributed by atoms with Crippen molar-refractivity contribution in [2.24, 2.45) is 7.05 Å². The van der Waals surface area contributed by atoms with E-state index in [1.165, 1.54) is 19.1 Å². The molecule has 1 N–H and O–H groups in total. The van der Waals surface area contributed by atoms with Gasteiger partial charge in [-0.05, 0) is 12.8 Å². The molecule has 1 aromatic rings. The highest BCUT2D eigenvalue weighted by Crippen LogP contribution is 2.30. The van der Waals surface area contributed by atoms with Crippen molar-refractivity contribution >= 4 is 5.91 Å². The Kier molecular flexibility index (Phi) is 5.54. The fraction of sp³-hybridized carbons (Fsp3) is 0.733. The summed E-state index contributed by atoms with van der Waals surface area (Å²) >= 11 is 0. The lowest BCUT2D eigenvalue weighted by Gasteiger charge is -2.33. The number of hydrogen-bond donors (Lipinski definition) is 1. The van der Waals surface area contributed by atoms with Crippen LogP contribution in [-0.2, 0) is 18.0 Å². The number of halogens is 3. The van der Waals surface area contributed by atoms with Crippen LogP contribution in [0.25, 0.3) is 0 Å². The second-order valence-electron chi connectivity index (χ2n) is 6.07. The van der Waals surface area contributed by atoms with E-state index in [4.69, 9.17) is 4.74 Å². The van der Waals surface area contributed by atoms with Crippen LogP contribution in [0.3, 0.4) is 0 Å². The molecule has 0 unspecified atom stereocenters. The van der Waals surface area contributed by atoms with Crippen LogP contribution < -0.4 is 0 Å². The third-order valence-electron chi connectivity index (χ3n) is 4.52. The van der Waals surface area contributed by atoms with Crippen LogP contribution in [0.5, 0.6) is 0 Å². The van der Waals surface area contributed by atoms with Gasteiger partial charge in [0.15, 0.2) is 5.69 Å². The van der Waals surface area contributed by atoms with Gasteiger partial charge in [0.25, 0.3) is 5.91 Å². The monoisotopic (exact) mass is 349 g/mol. The first-order valence-corrected chi connectivity index (χ1v) is 7.76. The van der Waals surface area contributed by atoms with Crippen molar-refractivity contribution < 1.29 is 27.8 Å². The number of aliphatic hydroxyl groups excluding tert-OH is 1. The molecular formula is C15H22F3N3O3. The Bertz CT molecular complexity index is 588. The normalized spacial score (nSPS) is 25.4. The van der Waals surface area contributed by atoms with E-state index in [1.54, 1.807) is 0 Å². The van der Waals surface area contributed by atoms with E-state index in [0.29, 0.717) is 17.5 Å². The second-order valence-corrected chi connectivity index (χ2v) is 6.07. The number of hydrogen-bond acceptors (Lipinski definition) is 4. The topological polar surface area (TPSA) is 67.6 Å². The predicted octanol–water partition coefficient (Wildman–Crippen LogP) is 1.83. The first-order valence-electron chi connectivity index (χ1n) is 7.76. The maximum atomic E-state index is 12.9. The highest BCUT2D eigenvalue weighted by Gasteiger charge is 2.38. The Hall–Kier alpha value is -1.61. The maximum absolute atomic E-state index is 12.9. The lowest BCUT2D eigenvalue weighted by Crippen LogP contribution is -2.49. The summed E-state index contributed by atoms with van der Waals surface area (Å²) in [5.41, 5.74) is -1.28. The van der Waals surface area contributed by atoms with Gasteiger partial charge in [0.05, 0.1) is 12.1 Å². The number of carbonyl (C=O) groups excluding carboxylic acids is 1. The molecule has 0 radical (unpaired) electrons. The Morgan fingerprint density at radius 2 is 2.04 bits per heavy atom. The molecule has 1 aliphatic carbocycles. The number of alkyl halides is 3. The summed E-state index contributed by atoms with van der Waals surface area (Å²) in [6, 6.07) is 0.205. The van der Waals surface area contributed by atoms with Crippen LogP contribution >= 0.6 is 0 Å². The first kappa shape index (κ1) is 18.7. The Labute approximate surface area is 138 Å². The number of carbonyl (C=O) groups is 1. The van der Waals surface area contributed by atoms with Crippen LogP contribution in [0.2, 0.25) is 0 Å². The highest BCUT2D eigenvalue weighted by atomic mass is 19.4. The number of nitrogens with zero attached hydrogens (tertiary/aromatic N) is 3. The Morgan fingerprint density at radius 1 is 1.42 bits per heavy atom. The lowest BCUT2D eigenvalue weighted by atomic mass is 10.0. The van der Waals surface area contributed by atoms with Crippen LogP contribution in [0.4, 0.5) is 13.2 Å². The van der Waals surface area contributed by atoms with Gasteiger partial charge in [-0.3, -0.25) is 9.48 Å². The van der Waals surface area contributed by atoms with Crippen molar-refractivity contribution in [3.05, 3.63) is 17.5 Å².